The first kappa shape index (κ1) is 19.5. The zero-order valence-electron chi connectivity index (χ0n) is 15.8. The van der Waals surface area contributed by atoms with Crippen LogP contribution >= 0.6 is 12.2 Å². The summed E-state index contributed by atoms with van der Waals surface area (Å²) in [5, 5.41) is 4.00. The van der Waals surface area contributed by atoms with Crippen LogP contribution in [0.5, 0.6) is 11.5 Å². The smallest absolute Gasteiger partial charge is 0.173 e. The molecule has 27 heavy (non-hydrogen) atoms. The second-order valence-electron chi connectivity index (χ2n) is 6.49. The van der Waals surface area contributed by atoms with Gasteiger partial charge in [0, 0.05) is 30.9 Å². The topological polar surface area (TPSA) is 43.0 Å². The van der Waals surface area contributed by atoms with Crippen LogP contribution in [0.2, 0.25) is 0 Å². The van der Waals surface area contributed by atoms with Gasteiger partial charge in [0.2, 0.25) is 0 Å². The van der Waals surface area contributed by atoms with Crippen LogP contribution in [-0.2, 0) is 11.3 Å². The summed E-state index contributed by atoms with van der Waals surface area (Å²) >= 11 is 5.72. The average molecular weight is 387 g/mol. The molecule has 1 saturated heterocycles. The van der Waals surface area contributed by atoms with E-state index >= 15 is 0 Å². The minimum Gasteiger partial charge on any atom is -0.497 e. The van der Waals surface area contributed by atoms with Crippen LogP contribution < -0.4 is 14.8 Å². The van der Waals surface area contributed by atoms with Crippen molar-refractivity contribution in [1.29, 1.82) is 0 Å². The van der Waals surface area contributed by atoms with Gasteiger partial charge < -0.3 is 24.4 Å². The molecule has 0 amide bonds. The van der Waals surface area contributed by atoms with Crippen LogP contribution in [-0.4, -0.2) is 43.5 Å². The Hall–Kier alpha value is -2.31. The Morgan fingerprint density at radius 3 is 2.59 bits per heavy atom. The Morgan fingerprint density at radius 1 is 1.15 bits per heavy atom. The molecule has 2 aromatic carbocycles. The Labute approximate surface area is 166 Å². The molecule has 1 fully saturated rings. The molecule has 1 unspecified atom stereocenters. The van der Waals surface area contributed by atoms with Gasteiger partial charge in [0.1, 0.15) is 11.5 Å². The molecule has 0 radical (unpaired) electrons. The fourth-order valence-corrected chi connectivity index (χ4v) is 3.43. The number of ether oxygens (including phenoxy) is 3. The zero-order chi connectivity index (χ0) is 19.1. The Balaban J connectivity index is 1.74. The van der Waals surface area contributed by atoms with Crippen molar-refractivity contribution < 1.29 is 14.2 Å². The Bertz CT molecular complexity index is 745. The first-order valence-corrected chi connectivity index (χ1v) is 9.54. The third kappa shape index (κ3) is 5.34. The average Bonchev–Trinajstić information content (AvgIpc) is 3.21. The highest BCUT2D eigenvalue weighted by Crippen LogP contribution is 2.22. The summed E-state index contributed by atoms with van der Waals surface area (Å²) in [4.78, 5) is 2.15. The number of thiocarbonyl (C=S) groups is 1. The van der Waals surface area contributed by atoms with Crippen LogP contribution in [0, 0.1) is 0 Å². The summed E-state index contributed by atoms with van der Waals surface area (Å²) in [5.74, 6) is 1.68. The van der Waals surface area contributed by atoms with Crippen molar-refractivity contribution in [2.24, 2.45) is 0 Å². The molecule has 0 aliphatic carbocycles. The molecule has 1 N–H and O–H groups in total. The van der Waals surface area contributed by atoms with Crippen molar-refractivity contribution in [2.45, 2.75) is 25.5 Å². The van der Waals surface area contributed by atoms with E-state index in [2.05, 4.69) is 16.3 Å². The molecular formula is C21H26N2O3S. The van der Waals surface area contributed by atoms with Gasteiger partial charge in [-0.3, -0.25) is 0 Å². The Morgan fingerprint density at radius 2 is 1.93 bits per heavy atom. The van der Waals surface area contributed by atoms with E-state index in [1.807, 2.05) is 42.5 Å². The van der Waals surface area contributed by atoms with Gasteiger partial charge in [0.05, 0.1) is 20.3 Å². The lowest BCUT2D eigenvalue weighted by atomic mass is 10.1. The van der Waals surface area contributed by atoms with Crippen molar-refractivity contribution in [3.05, 3.63) is 54.1 Å². The second-order valence-corrected chi connectivity index (χ2v) is 6.87. The van der Waals surface area contributed by atoms with Gasteiger partial charge in [-0.25, -0.2) is 0 Å². The van der Waals surface area contributed by atoms with E-state index in [9.17, 15) is 0 Å². The quantitative estimate of drug-likeness (QED) is 0.723. The van der Waals surface area contributed by atoms with Gasteiger partial charge in [-0.05, 0) is 55.4 Å². The summed E-state index contributed by atoms with van der Waals surface area (Å²) in [7, 11) is 3.35. The minimum absolute atomic E-state index is 0.204. The number of nitrogens with zero attached hydrogens (tertiary/aromatic N) is 1. The van der Waals surface area contributed by atoms with E-state index in [0.29, 0.717) is 11.7 Å². The molecule has 0 saturated carbocycles. The van der Waals surface area contributed by atoms with Crippen molar-refractivity contribution in [3.8, 4) is 11.5 Å². The van der Waals surface area contributed by atoms with Gasteiger partial charge in [0.25, 0.3) is 0 Å². The fraction of sp³-hybridized carbons (Fsp3) is 0.381. The largest absolute Gasteiger partial charge is 0.497 e. The first-order chi connectivity index (χ1) is 13.2. The van der Waals surface area contributed by atoms with Crippen LogP contribution in [0.3, 0.4) is 0 Å². The number of methoxy groups -OCH3 is 2. The molecule has 0 aromatic heterocycles. The van der Waals surface area contributed by atoms with Gasteiger partial charge in [-0.1, -0.05) is 18.2 Å². The van der Waals surface area contributed by atoms with E-state index in [1.165, 1.54) is 0 Å². The lowest BCUT2D eigenvalue weighted by molar-refractivity contribution is 0.0903. The molecule has 1 heterocycles. The minimum atomic E-state index is 0.204. The summed E-state index contributed by atoms with van der Waals surface area (Å²) in [6.45, 7) is 2.23. The number of hydrogen-bond acceptors (Lipinski definition) is 4. The molecule has 1 atom stereocenters. The summed E-state index contributed by atoms with van der Waals surface area (Å²) in [6, 6.07) is 15.8. The molecule has 0 spiro atoms. The molecule has 1 aliphatic rings. The zero-order valence-corrected chi connectivity index (χ0v) is 16.6. The number of benzene rings is 2. The van der Waals surface area contributed by atoms with Crippen molar-refractivity contribution in [1.82, 2.24) is 4.90 Å². The second kappa shape index (κ2) is 9.58. The molecule has 144 valence electrons. The summed E-state index contributed by atoms with van der Waals surface area (Å²) in [5.41, 5.74) is 2.02. The predicted molar refractivity (Wildman–Crippen MR) is 112 cm³/mol. The highest BCUT2D eigenvalue weighted by atomic mass is 32.1. The van der Waals surface area contributed by atoms with Gasteiger partial charge in [-0.2, -0.15) is 0 Å². The number of hydrogen-bond donors (Lipinski definition) is 1. The lowest BCUT2D eigenvalue weighted by Gasteiger charge is -2.29. The maximum Gasteiger partial charge on any atom is 0.173 e. The van der Waals surface area contributed by atoms with Crippen LogP contribution in [0.15, 0.2) is 48.5 Å². The summed E-state index contributed by atoms with van der Waals surface area (Å²) in [6.07, 6.45) is 2.37. The van der Waals surface area contributed by atoms with Crippen molar-refractivity contribution in [3.63, 3.8) is 0 Å². The molecule has 3 rings (SSSR count). The van der Waals surface area contributed by atoms with Gasteiger partial charge in [-0.15, -0.1) is 0 Å². The van der Waals surface area contributed by atoms with E-state index in [0.717, 1.165) is 48.7 Å². The maximum absolute atomic E-state index is 5.83. The van der Waals surface area contributed by atoms with Crippen molar-refractivity contribution in [2.75, 3.05) is 32.7 Å². The standard InChI is InChI=1S/C21H26N2O3S/c1-24-18-11-9-17(10-12-18)22-21(27)23(15-19-7-5-13-26-19)14-16-6-3-4-8-20(16)25-2/h3-4,6,8-12,19H,5,7,13-15H2,1-2H3,(H,22,27). The van der Waals surface area contributed by atoms with Crippen LogP contribution in [0.25, 0.3) is 0 Å². The predicted octanol–water partition coefficient (Wildman–Crippen LogP) is 4.08. The molecular weight excluding hydrogens is 360 g/mol. The van der Waals surface area contributed by atoms with Crippen molar-refractivity contribution >= 4 is 23.0 Å². The van der Waals surface area contributed by atoms with Crippen LogP contribution in [0.4, 0.5) is 5.69 Å². The third-order valence-corrected chi connectivity index (χ3v) is 4.99. The highest BCUT2D eigenvalue weighted by molar-refractivity contribution is 7.80. The Kier molecular flexibility index (Phi) is 6.90. The molecule has 1 aliphatic heterocycles. The lowest BCUT2D eigenvalue weighted by Crippen LogP contribution is -2.39. The van der Waals surface area contributed by atoms with E-state index in [1.54, 1.807) is 14.2 Å². The number of nitrogens with one attached hydrogen (secondary N) is 1. The fourth-order valence-electron chi connectivity index (χ4n) is 3.17. The van der Waals surface area contributed by atoms with E-state index < -0.39 is 0 Å². The number of para-hydroxylation sites is 1. The highest BCUT2D eigenvalue weighted by Gasteiger charge is 2.22. The molecule has 5 nitrogen and oxygen atoms in total. The SMILES string of the molecule is COc1ccc(NC(=S)N(Cc2ccccc2OC)CC2CCCO2)cc1. The van der Waals surface area contributed by atoms with E-state index in [-0.39, 0.29) is 6.10 Å². The van der Waals surface area contributed by atoms with Crippen LogP contribution in [0.1, 0.15) is 18.4 Å². The first-order valence-electron chi connectivity index (χ1n) is 9.13. The van der Waals surface area contributed by atoms with Gasteiger partial charge in [0.15, 0.2) is 5.11 Å². The number of rotatable bonds is 7. The van der Waals surface area contributed by atoms with E-state index in [4.69, 9.17) is 26.4 Å². The monoisotopic (exact) mass is 386 g/mol. The molecule has 0 bridgehead atoms. The molecule has 6 heteroatoms. The maximum atomic E-state index is 5.83. The number of anilines is 1. The van der Waals surface area contributed by atoms with Gasteiger partial charge >= 0.3 is 0 Å². The normalized spacial score (nSPS) is 16.0. The third-order valence-electron chi connectivity index (χ3n) is 4.63. The summed E-state index contributed by atoms with van der Waals surface area (Å²) < 4.78 is 16.5. The molecule has 2 aromatic rings.